The maximum atomic E-state index is 13.8. The first-order valence-corrected chi connectivity index (χ1v) is 16.3. The molecule has 6 nitrogen and oxygen atoms in total. The van der Waals surface area contributed by atoms with Gasteiger partial charge in [0.25, 0.3) is 0 Å². The number of aliphatic hydroxyl groups is 1. The van der Waals surface area contributed by atoms with E-state index >= 15 is 0 Å². The first-order valence-electron chi connectivity index (χ1n) is 16.3. The van der Waals surface area contributed by atoms with Gasteiger partial charge in [0.15, 0.2) is 11.5 Å². The lowest BCUT2D eigenvalue weighted by molar-refractivity contribution is -0.201. The van der Waals surface area contributed by atoms with Gasteiger partial charge in [0.2, 0.25) is 5.91 Å². The molecule has 3 aliphatic carbocycles. The molecular formula is C35H44N2O4. The van der Waals surface area contributed by atoms with E-state index in [0.29, 0.717) is 12.5 Å². The molecule has 2 bridgehead atoms. The normalized spacial score (nSPS) is 35.4. The summed E-state index contributed by atoms with van der Waals surface area (Å²) in [6.07, 6.45) is 9.81. The summed E-state index contributed by atoms with van der Waals surface area (Å²) in [5.74, 6) is 2.83. The molecule has 2 unspecified atom stereocenters. The van der Waals surface area contributed by atoms with Gasteiger partial charge in [-0.3, -0.25) is 9.69 Å². The predicted octanol–water partition coefficient (Wildman–Crippen LogP) is 5.24. The van der Waals surface area contributed by atoms with Crippen molar-refractivity contribution in [3.63, 3.8) is 0 Å². The summed E-state index contributed by atoms with van der Waals surface area (Å²) < 4.78 is 13.5. The van der Waals surface area contributed by atoms with Crippen LogP contribution in [0.4, 0.5) is 0 Å². The van der Waals surface area contributed by atoms with E-state index < -0.39 is 11.0 Å². The average molecular weight is 557 g/mol. The Balaban J connectivity index is 1.18. The number of benzene rings is 2. The van der Waals surface area contributed by atoms with Gasteiger partial charge in [-0.2, -0.15) is 0 Å². The molecule has 8 rings (SSSR count). The molecule has 3 aliphatic heterocycles. The molecule has 2 saturated heterocycles. The zero-order valence-corrected chi connectivity index (χ0v) is 24.4. The van der Waals surface area contributed by atoms with Gasteiger partial charge >= 0.3 is 0 Å². The van der Waals surface area contributed by atoms with Crippen LogP contribution in [0.2, 0.25) is 0 Å². The monoisotopic (exact) mass is 556 g/mol. The van der Waals surface area contributed by atoms with Crippen LogP contribution in [0.3, 0.4) is 0 Å². The number of unbranched alkanes of at least 4 members (excludes halogenated alkanes) is 1. The molecule has 218 valence electrons. The Morgan fingerprint density at radius 2 is 1.90 bits per heavy atom. The highest BCUT2D eigenvalue weighted by atomic mass is 16.5. The number of likely N-dealkylation sites (tertiary alicyclic amines) is 2. The molecule has 2 aromatic rings. The first kappa shape index (κ1) is 26.1. The Labute approximate surface area is 244 Å². The third kappa shape index (κ3) is 3.85. The quantitative estimate of drug-likeness (QED) is 0.458. The van der Waals surface area contributed by atoms with E-state index in [9.17, 15) is 9.90 Å². The van der Waals surface area contributed by atoms with Crippen molar-refractivity contribution >= 4 is 5.91 Å². The molecule has 0 radical (unpaired) electrons. The van der Waals surface area contributed by atoms with Crippen molar-refractivity contribution in [2.75, 3.05) is 19.6 Å². The van der Waals surface area contributed by atoms with E-state index in [1.165, 1.54) is 24.0 Å². The van der Waals surface area contributed by atoms with Gasteiger partial charge in [0, 0.05) is 30.6 Å². The third-order valence-corrected chi connectivity index (χ3v) is 11.6. The number of hydrogen-bond acceptors (Lipinski definition) is 5. The van der Waals surface area contributed by atoms with E-state index in [2.05, 4.69) is 41.0 Å². The van der Waals surface area contributed by atoms with E-state index in [1.54, 1.807) is 0 Å². The molecule has 1 N–H and O–H groups in total. The number of hydrogen-bond donors (Lipinski definition) is 1. The summed E-state index contributed by atoms with van der Waals surface area (Å²) in [6, 6.07) is 14.7. The lowest BCUT2D eigenvalue weighted by atomic mass is 9.48. The first-order chi connectivity index (χ1) is 20.0. The number of nitrogens with zero attached hydrogens (tertiary/aromatic N) is 2. The Morgan fingerprint density at radius 3 is 2.71 bits per heavy atom. The van der Waals surface area contributed by atoms with Crippen LogP contribution in [-0.2, 0) is 23.2 Å². The van der Waals surface area contributed by atoms with Crippen molar-refractivity contribution in [3.05, 3.63) is 59.2 Å². The standard InChI is InChI=1S/C35H44N2O4/c1-2-3-9-25-15-18-37(33(25)38)27-14-16-35(39)29-20-26-12-13-28(40-22-24-7-5-4-6-8-24)31-30(26)34(35,32(27)41-31)17-19-36(29)21-23-10-11-23/h4-8,12-13,23,25,27,29,32,39H,2-3,9-11,14-22H2,1H3/t25?,27-,29+,32-,34-,35?/m0/s1. The smallest absolute Gasteiger partial charge is 0.226 e. The number of rotatable bonds is 9. The fourth-order valence-corrected chi connectivity index (χ4v) is 9.42. The SMILES string of the molecule is CCCCC1CCN([C@H]2CCC3(O)[C@H]4Cc5ccc(OCc6ccccc6)c6c5[C@@]3(CCN4CC3CC3)[C@H]2O6)C1=O. The van der Waals surface area contributed by atoms with Crippen molar-refractivity contribution in [2.45, 2.75) is 107 Å². The van der Waals surface area contributed by atoms with Gasteiger partial charge in [-0.1, -0.05) is 56.2 Å². The second kappa shape index (κ2) is 9.74. The van der Waals surface area contributed by atoms with E-state index in [4.69, 9.17) is 9.47 Å². The molecule has 0 aromatic heterocycles. The number of ether oxygens (including phenoxy) is 2. The Hall–Kier alpha value is -2.57. The number of carbonyl (C=O) groups excluding carboxylic acids is 1. The summed E-state index contributed by atoms with van der Waals surface area (Å²) >= 11 is 0. The Morgan fingerprint density at radius 1 is 1.05 bits per heavy atom. The molecule has 2 aromatic carbocycles. The lowest BCUT2D eigenvalue weighted by Gasteiger charge is -2.64. The Kier molecular flexibility index (Phi) is 6.19. The third-order valence-electron chi connectivity index (χ3n) is 11.6. The zero-order valence-electron chi connectivity index (χ0n) is 24.4. The summed E-state index contributed by atoms with van der Waals surface area (Å²) in [4.78, 5) is 18.5. The summed E-state index contributed by atoms with van der Waals surface area (Å²) in [6.45, 7) is 5.57. The fraction of sp³-hybridized carbons (Fsp3) is 0.629. The molecule has 2 saturated carbocycles. The summed E-state index contributed by atoms with van der Waals surface area (Å²) in [5, 5.41) is 12.9. The van der Waals surface area contributed by atoms with Crippen LogP contribution in [0.25, 0.3) is 0 Å². The lowest BCUT2D eigenvalue weighted by Crippen LogP contribution is -2.78. The van der Waals surface area contributed by atoms with Crippen molar-refractivity contribution in [3.8, 4) is 11.5 Å². The highest BCUT2D eigenvalue weighted by Gasteiger charge is 2.73. The zero-order chi connectivity index (χ0) is 27.8. The minimum atomic E-state index is -0.859. The fourth-order valence-electron chi connectivity index (χ4n) is 9.42. The molecule has 1 amide bonds. The minimum Gasteiger partial charge on any atom is -0.485 e. The van der Waals surface area contributed by atoms with Crippen LogP contribution < -0.4 is 9.47 Å². The average Bonchev–Trinajstić information content (AvgIpc) is 3.63. The van der Waals surface area contributed by atoms with Crippen LogP contribution in [0.1, 0.15) is 81.4 Å². The topological polar surface area (TPSA) is 62.2 Å². The highest BCUT2D eigenvalue weighted by Crippen LogP contribution is 2.66. The van der Waals surface area contributed by atoms with Crippen molar-refractivity contribution in [1.82, 2.24) is 9.80 Å². The van der Waals surface area contributed by atoms with Crippen LogP contribution in [0.15, 0.2) is 42.5 Å². The van der Waals surface area contributed by atoms with E-state index in [-0.39, 0.29) is 24.1 Å². The van der Waals surface area contributed by atoms with E-state index in [0.717, 1.165) is 94.0 Å². The molecule has 41 heavy (non-hydrogen) atoms. The van der Waals surface area contributed by atoms with Crippen LogP contribution in [0.5, 0.6) is 11.5 Å². The van der Waals surface area contributed by atoms with Gasteiger partial charge < -0.3 is 19.5 Å². The van der Waals surface area contributed by atoms with Gasteiger partial charge in [0.1, 0.15) is 12.7 Å². The molecule has 6 aliphatic rings. The number of amides is 1. The Bertz CT molecular complexity index is 1330. The van der Waals surface area contributed by atoms with Crippen molar-refractivity contribution < 1.29 is 19.4 Å². The van der Waals surface area contributed by atoms with Crippen LogP contribution in [-0.4, -0.2) is 64.2 Å². The largest absolute Gasteiger partial charge is 0.485 e. The maximum absolute atomic E-state index is 13.8. The van der Waals surface area contributed by atoms with Gasteiger partial charge in [0.05, 0.1) is 17.1 Å². The molecule has 6 heteroatoms. The minimum absolute atomic E-state index is 0.00893. The maximum Gasteiger partial charge on any atom is 0.226 e. The van der Waals surface area contributed by atoms with Gasteiger partial charge in [-0.25, -0.2) is 0 Å². The second-order valence-corrected chi connectivity index (χ2v) is 13.8. The summed E-state index contributed by atoms with van der Waals surface area (Å²) in [5.41, 5.74) is 2.25. The molecule has 6 atom stereocenters. The van der Waals surface area contributed by atoms with Gasteiger partial charge in [-0.15, -0.1) is 0 Å². The van der Waals surface area contributed by atoms with Gasteiger partial charge in [-0.05, 0) is 81.0 Å². The molecule has 4 fully saturated rings. The number of carbonyl (C=O) groups is 1. The second-order valence-electron chi connectivity index (χ2n) is 13.8. The highest BCUT2D eigenvalue weighted by molar-refractivity contribution is 5.81. The predicted molar refractivity (Wildman–Crippen MR) is 157 cm³/mol. The number of piperidine rings is 1. The van der Waals surface area contributed by atoms with Crippen LogP contribution >= 0.6 is 0 Å². The molecule has 3 heterocycles. The molecule has 1 spiro atoms. The van der Waals surface area contributed by atoms with E-state index in [1.807, 2.05) is 18.2 Å². The molecular weight excluding hydrogens is 512 g/mol. The van der Waals surface area contributed by atoms with Crippen LogP contribution in [0, 0.1) is 11.8 Å². The van der Waals surface area contributed by atoms with Crippen molar-refractivity contribution in [1.29, 1.82) is 0 Å². The van der Waals surface area contributed by atoms with Crippen molar-refractivity contribution in [2.24, 2.45) is 11.8 Å². The summed E-state index contributed by atoms with van der Waals surface area (Å²) in [7, 11) is 0.